The Balaban J connectivity index is 1.90. The lowest BCUT2D eigenvalue weighted by Crippen LogP contribution is -2.33. The van der Waals surface area contributed by atoms with Gasteiger partial charge in [0.1, 0.15) is 16.2 Å². The third-order valence-corrected chi connectivity index (χ3v) is 6.80. The van der Waals surface area contributed by atoms with Gasteiger partial charge in [-0.25, -0.2) is 0 Å². The van der Waals surface area contributed by atoms with Crippen LogP contribution < -0.4 is 16.6 Å². The molecule has 0 saturated carbocycles. The van der Waals surface area contributed by atoms with E-state index in [1.54, 1.807) is 30.3 Å². The number of primary amides is 1. The summed E-state index contributed by atoms with van der Waals surface area (Å²) in [6.07, 6.45) is 0.600. The number of aryl methyl sites for hydroxylation is 1. The number of nitrogens with one attached hydrogen (secondary N) is 1. The van der Waals surface area contributed by atoms with Crippen molar-refractivity contribution >= 4 is 38.4 Å². The Kier molecular flexibility index (Phi) is 5.71. The number of nitrogens with zero attached hydrogens (tertiary/aromatic N) is 2. The van der Waals surface area contributed by atoms with Gasteiger partial charge in [0.15, 0.2) is 5.84 Å². The van der Waals surface area contributed by atoms with E-state index in [-0.39, 0.29) is 34.2 Å². The Bertz CT molecular complexity index is 1470. The zero-order chi connectivity index (χ0) is 23.9. The van der Waals surface area contributed by atoms with E-state index in [0.717, 1.165) is 6.42 Å². The van der Waals surface area contributed by atoms with Crippen LogP contribution >= 0.6 is 0 Å². The fourth-order valence-corrected chi connectivity index (χ4v) is 5.01. The topological polar surface area (TPSA) is 144 Å². The van der Waals surface area contributed by atoms with Crippen LogP contribution in [0.4, 0.5) is 5.69 Å². The van der Waals surface area contributed by atoms with E-state index in [0.29, 0.717) is 28.9 Å². The Morgan fingerprint density at radius 1 is 1.21 bits per heavy atom. The molecule has 172 valence electrons. The van der Waals surface area contributed by atoms with Crippen molar-refractivity contribution in [2.24, 2.45) is 16.0 Å². The van der Waals surface area contributed by atoms with Gasteiger partial charge in [-0.2, -0.15) is 8.42 Å². The third-order valence-electron chi connectivity index (χ3n) is 5.48. The second kappa shape index (κ2) is 8.36. The average Bonchev–Trinajstić information content (AvgIpc) is 2.73. The lowest BCUT2D eigenvalue weighted by Gasteiger charge is -2.21. The summed E-state index contributed by atoms with van der Waals surface area (Å²) < 4.78 is 31.2. The van der Waals surface area contributed by atoms with Gasteiger partial charge in [-0.3, -0.25) is 9.59 Å². The van der Waals surface area contributed by atoms with Gasteiger partial charge in [-0.05, 0) is 42.2 Å². The molecule has 0 spiro atoms. The first-order chi connectivity index (χ1) is 15.6. The van der Waals surface area contributed by atoms with E-state index >= 15 is 0 Å². The fourth-order valence-electron chi connectivity index (χ4n) is 3.83. The van der Waals surface area contributed by atoms with Crippen LogP contribution in [0.3, 0.4) is 0 Å². The molecule has 4 rings (SSSR count). The number of fused-ring (bicyclic) bond motifs is 2. The summed E-state index contributed by atoms with van der Waals surface area (Å²) in [6.45, 7) is 4.48. The molecule has 2 aromatic carbocycles. The maximum Gasteiger partial charge on any atom is 0.286 e. The number of carbonyl (C=O) groups excluding carboxylic acids is 1. The molecule has 0 bridgehead atoms. The van der Waals surface area contributed by atoms with Crippen molar-refractivity contribution in [1.29, 1.82) is 0 Å². The van der Waals surface area contributed by atoms with E-state index in [9.17, 15) is 23.1 Å². The number of nitrogens with two attached hydrogens (primary N) is 1. The SMILES string of the molecule is CC(C)CCn1c(=O)c(C2=NS(=O)(=O)c3cc(CC(N)=O)ccc3N2)c(O)c2ccccc21. The molecule has 9 nitrogen and oxygen atoms in total. The standard InChI is InChI=1S/C23H24N4O5S/c1-13(2)9-10-27-17-6-4-3-5-15(17)21(29)20(23(27)30)22-25-16-8-7-14(12-19(24)28)11-18(16)33(31,32)26-22/h3-8,11,13,29H,9-10,12H2,1-2H3,(H2,24,28)(H,25,26). The highest BCUT2D eigenvalue weighted by Crippen LogP contribution is 2.33. The first-order valence-corrected chi connectivity index (χ1v) is 11.9. The monoisotopic (exact) mass is 468 g/mol. The van der Waals surface area contributed by atoms with Crippen molar-refractivity contribution in [3.05, 3.63) is 63.9 Å². The van der Waals surface area contributed by atoms with Crippen LogP contribution in [0.1, 0.15) is 31.4 Å². The maximum atomic E-state index is 13.4. The molecule has 1 aliphatic heterocycles. The summed E-state index contributed by atoms with van der Waals surface area (Å²) in [4.78, 5) is 24.5. The highest BCUT2D eigenvalue weighted by molar-refractivity contribution is 7.90. The average molecular weight is 469 g/mol. The van der Waals surface area contributed by atoms with Gasteiger partial charge in [0, 0.05) is 11.9 Å². The summed E-state index contributed by atoms with van der Waals surface area (Å²) in [5.74, 6) is -0.855. The summed E-state index contributed by atoms with van der Waals surface area (Å²) in [5, 5.41) is 14.3. The van der Waals surface area contributed by atoms with E-state index in [4.69, 9.17) is 5.73 Å². The predicted octanol–water partition coefficient (Wildman–Crippen LogP) is 2.34. The first kappa shape index (κ1) is 22.5. The van der Waals surface area contributed by atoms with Crippen LogP contribution in [0.15, 0.2) is 56.6 Å². The summed E-state index contributed by atoms with van der Waals surface area (Å²) in [7, 11) is -4.21. The molecule has 4 N–H and O–H groups in total. The molecular weight excluding hydrogens is 444 g/mol. The lowest BCUT2D eigenvalue weighted by atomic mass is 10.1. The first-order valence-electron chi connectivity index (χ1n) is 10.5. The normalized spacial score (nSPS) is 14.6. The number of amides is 1. The molecule has 3 aromatic rings. The molecule has 0 saturated heterocycles. The number of sulfonamides is 1. The predicted molar refractivity (Wildman–Crippen MR) is 126 cm³/mol. The van der Waals surface area contributed by atoms with E-state index < -0.39 is 21.5 Å². The van der Waals surface area contributed by atoms with Crippen LogP contribution in [0, 0.1) is 5.92 Å². The van der Waals surface area contributed by atoms with Crippen molar-refractivity contribution < 1.29 is 18.3 Å². The van der Waals surface area contributed by atoms with Crippen LogP contribution in [-0.2, 0) is 27.8 Å². The number of para-hydroxylation sites is 1. The Morgan fingerprint density at radius 3 is 2.64 bits per heavy atom. The van der Waals surface area contributed by atoms with Crippen molar-refractivity contribution in [2.45, 2.75) is 38.1 Å². The smallest absolute Gasteiger partial charge is 0.286 e. The number of anilines is 1. The number of benzene rings is 2. The van der Waals surface area contributed by atoms with Gasteiger partial charge in [0.05, 0.1) is 17.6 Å². The van der Waals surface area contributed by atoms with Crippen LogP contribution in [0.25, 0.3) is 10.9 Å². The second-order valence-electron chi connectivity index (χ2n) is 8.39. The van der Waals surface area contributed by atoms with Gasteiger partial charge >= 0.3 is 0 Å². The van der Waals surface area contributed by atoms with Gasteiger partial charge in [-0.15, -0.1) is 4.40 Å². The Hall–Kier alpha value is -3.66. The number of carbonyl (C=O) groups is 1. The molecule has 0 aliphatic carbocycles. The molecular formula is C23H24N4O5S. The van der Waals surface area contributed by atoms with Gasteiger partial charge < -0.3 is 20.7 Å². The van der Waals surface area contributed by atoms with Crippen molar-refractivity contribution in [3.8, 4) is 5.75 Å². The number of hydrogen-bond acceptors (Lipinski definition) is 6. The lowest BCUT2D eigenvalue weighted by molar-refractivity contribution is -0.117. The van der Waals surface area contributed by atoms with Crippen LogP contribution in [0.2, 0.25) is 0 Å². The number of hydrogen-bond donors (Lipinski definition) is 3. The van der Waals surface area contributed by atoms with Gasteiger partial charge in [-0.1, -0.05) is 32.0 Å². The third kappa shape index (κ3) is 4.21. The molecule has 1 aromatic heterocycles. The molecule has 2 heterocycles. The zero-order valence-electron chi connectivity index (χ0n) is 18.2. The number of aromatic nitrogens is 1. The Morgan fingerprint density at radius 2 is 1.94 bits per heavy atom. The van der Waals surface area contributed by atoms with Crippen LogP contribution in [0.5, 0.6) is 5.75 Å². The largest absolute Gasteiger partial charge is 0.506 e. The maximum absolute atomic E-state index is 13.4. The van der Waals surface area contributed by atoms with Crippen molar-refractivity contribution in [1.82, 2.24) is 4.57 Å². The number of amidine groups is 1. The van der Waals surface area contributed by atoms with Crippen molar-refractivity contribution in [3.63, 3.8) is 0 Å². The molecule has 0 fully saturated rings. The molecule has 10 heteroatoms. The van der Waals surface area contributed by atoms with Crippen molar-refractivity contribution in [2.75, 3.05) is 5.32 Å². The second-order valence-corrected chi connectivity index (χ2v) is 9.97. The molecule has 0 atom stereocenters. The van der Waals surface area contributed by atoms with Gasteiger partial charge in [0.25, 0.3) is 15.6 Å². The summed E-state index contributed by atoms with van der Waals surface area (Å²) >= 11 is 0. The van der Waals surface area contributed by atoms with E-state index in [2.05, 4.69) is 9.71 Å². The molecule has 1 aliphatic rings. The molecule has 1 amide bonds. The highest BCUT2D eigenvalue weighted by Gasteiger charge is 2.30. The fraction of sp³-hybridized carbons (Fsp3) is 0.261. The van der Waals surface area contributed by atoms with E-state index in [1.165, 1.54) is 16.7 Å². The minimum Gasteiger partial charge on any atom is -0.506 e. The quantitative estimate of drug-likeness (QED) is 0.507. The van der Waals surface area contributed by atoms with Crippen LogP contribution in [-0.4, -0.2) is 29.8 Å². The minimum absolute atomic E-state index is 0.120. The highest BCUT2D eigenvalue weighted by atomic mass is 32.2. The molecule has 0 unspecified atom stereocenters. The number of pyridine rings is 1. The number of rotatable bonds is 6. The van der Waals surface area contributed by atoms with E-state index in [1.807, 2.05) is 13.8 Å². The summed E-state index contributed by atoms with van der Waals surface area (Å²) in [5.41, 5.74) is 5.62. The Labute approximate surface area is 190 Å². The molecule has 33 heavy (non-hydrogen) atoms. The zero-order valence-corrected chi connectivity index (χ0v) is 19.0. The number of aromatic hydroxyl groups is 1. The summed E-state index contributed by atoms with van der Waals surface area (Å²) in [6, 6.07) is 11.3. The minimum atomic E-state index is -4.21. The van der Waals surface area contributed by atoms with Gasteiger partial charge in [0.2, 0.25) is 5.91 Å². The molecule has 0 radical (unpaired) electrons.